The van der Waals surface area contributed by atoms with E-state index in [-0.39, 0.29) is 17.4 Å². The second-order valence-electron chi connectivity index (χ2n) is 5.83. The van der Waals surface area contributed by atoms with Crippen LogP contribution in [0, 0.1) is 0 Å². The van der Waals surface area contributed by atoms with E-state index in [2.05, 4.69) is 0 Å². The summed E-state index contributed by atoms with van der Waals surface area (Å²) in [6, 6.07) is 5.70. The van der Waals surface area contributed by atoms with E-state index in [0.717, 1.165) is 11.1 Å². The van der Waals surface area contributed by atoms with Gasteiger partial charge >= 0.3 is 11.9 Å². The zero-order valence-corrected chi connectivity index (χ0v) is 14.1. The summed E-state index contributed by atoms with van der Waals surface area (Å²) in [5.41, 5.74) is 3.01. The number of aliphatic hydroxyl groups excluding tert-OH is 1. The van der Waals surface area contributed by atoms with E-state index in [1.165, 1.54) is 20.3 Å². The molecule has 0 saturated heterocycles. The first kappa shape index (κ1) is 17.0. The van der Waals surface area contributed by atoms with E-state index in [1.54, 1.807) is 23.3 Å². The van der Waals surface area contributed by atoms with E-state index < -0.39 is 11.9 Å². The first-order valence-corrected chi connectivity index (χ1v) is 7.90. The third-order valence-electron chi connectivity index (χ3n) is 4.27. The topological polar surface area (TPSA) is 76.1 Å². The monoisotopic (exact) mass is 341 g/mol. The molecule has 1 aromatic carbocycles. The number of nitrogens with zero attached hydrogens (tertiary/aromatic N) is 1. The minimum atomic E-state index is -0.642. The summed E-state index contributed by atoms with van der Waals surface area (Å²) in [7, 11) is 2.53. The quantitative estimate of drug-likeness (QED) is 0.843. The fourth-order valence-electron chi connectivity index (χ4n) is 3.10. The van der Waals surface area contributed by atoms with E-state index in [1.807, 2.05) is 18.2 Å². The van der Waals surface area contributed by atoms with Crippen molar-refractivity contribution in [3.63, 3.8) is 0 Å². The van der Waals surface area contributed by atoms with Gasteiger partial charge in [0, 0.05) is 11.9 Å². The summed E-state index contributed by atoms with van der Waals surface area (Å²) in [6.45, 7) is 0. The molecule has 1 aromatic rings. The van der Waals surface area contributed by atoms with Crippen LogP contribution in [0.25, 0.3) is 0 Å². The number of benzene rings is 1. The van der Waals surface area contributed by atoms with Gasteiger partial charge in [0.15, 0.2) is 0 Å². The molecule has 130 valence electrons. The number of hydrogen-bond donors (Lipinski definition) is 1. The number of ether oxygens (including phenoxy) is 2. The lowest BCUT2D eigenvalue weighted by atomic mass is 10.1. The molecule has 0 amide bonds. The maximum absolute atomic E-state index is 12.4. The largest absolute Gasteiger partial charge is 0.465 e. The molecule has 25 heavy (non-hydrogen) atoms. The number of esters is 2. The number of carbonyl (C=O) groups excluding carboxylic acids is 2. The minimum absolute atomic E-state index is 0.0813. The third kappa shape index (κ3) is 3.21. The van der Waals surface area contributed by atoms with Crippen molar-refractivity contribution in [1.82, 2.24) is 0 Å². The van der Waals surface area contributed by atoms with Crippen molar-refractivity contribution in [2.75, 3.05) is 19.1 Å². The highest BCUT2D eigenvalue weighted by atomic mass is 16.5. The Kier molecular flexibility index (Phi) is 4.72. The average molecular weight is 341 g/mol. The molecule has 2 aliphatic rings. The summed E-state index contributed by atoms with van der Waals surface area (Å²) in [5, 5.41) is 9.84. The molecule has 0 fully saturated rings. The van der Waals surface area contributed by atoms with Gasteiger partial charge in [-0.15, -0.1) is 0 Å². The Morgan fingerprint density at radius 3 is 2.52 bits per heavy atom. The Morgan fingerprint density at radius 1 is 1.08 bits per heavy atom. The molecule has 1 aliphatic heterocycles. The fraction of sp³-hybridized carbons (Fsp3) is 0.263. The third-order valence-corrected chi connectivity index (χ3v) is 4.27. The Balaban J connectivity index is 2.11. The molecule has 3 rings (SSSR count). The maximum atomic E-state index is 12.4. The van der Waals surface area contributed by atoms with Crippen LogP contribution in [0.15, 0.2) is 53.9 Å². The molecule has 0 spiro atoms. The molecule has 6 nitrogen and oxygen atoms in total. The Hall–Kier alpha value is -2.86. The molecule has 1 unspecified atom stereocenters. The number of carbonyl (C=O) groups is 2. The van der Waals surface area contributed by atoms with Crippen molar-refractivity contribution < 1.29 is 24.2 Å². The molecule has 0 aromatic heterocycles. The highest BCUT2D eigenvalue weighted by Crippen LogP contribution is 2.31. The Labute approximate surface area is 145 Å². The SMILES string of the molecule is COC(=O)C1=C(C(=O)OC)N(c2ccc3c(c2)CC(O)C3)C=CC=C1. The standard InChI is InChI=1S/C19H19NO5/c1-24-18(22)16-5-3-4-8-20(17(16)19(23)25-2)14-7-6-12-10-15(21)11-13(12)9-14/h3-9,15,21H,10-11H2,1-2H3. The Morgan fingerprint density at radius 2 is 1.80 bits per heavy atom. The lowest BCUT2D eigenvalue weighted by molar-refractivity contribution is -0.139. The van der Waals surface area contributed by atoms with E-state index in [9.17, 15) is 14.7 Å². The van der Waals surface area contributed by atoms with Crippen molar-refractivity contribution in [2.24, 2.45) is 0 Å². The summed E-state index contributed by atoms with van der Waals surface area (Å²) in [6.07, 6.45) is 7.40. The van der Waals surface area contributed by atoms with E-state index >= 15 is 0 Å². The van der Waals surface area contributed by atoms with Crippen molar-refractivity contribution in [3.05, 3.63) is 65.0 Å². The summed E-state index contributed by atoms with van der Waals surface area (Å²) < 4.78 is 9.68. The second-order valence-corrected chi connectivity index (χ2v) is 5.83. The predicted molar refractivity (Wildman–Crippen MR) is 91.7 cm³/mol. The number of fused-ring (bicyclic) bond motifs is 1. The van der Waals surface area contributed by atoms with Crippen molar-refractivity contribution >= 4 is 17.6 Å². The van der Waals surface area contributed by atoms with E-state index in [0.29, 0.717) is 18.5 Å². The average Bonchev–Trinajstić information content (AvgIpc) is 2.85. The van der Waals surface area contributed by atoms with Crippen LogP contribution in [0.2, 0.25) is 0 Å². The van der Waals surface area contributed by atoms with Gasteiger partial charge in [-0.1, -0.05) is 12.1 Å². The van der Waals surface area contributed by atoms with E-state index in [4.69, 9.17) is 9.47 Å². The van der Waals surface area contributed by atoms with Gasteiger partial charge in [0.1, 0.15) is 5.70 Å². The Bertz CT molecular complexity index is 806. The molecule has 0 radical (unpaired) electrons. The zero-order chi connectivity index (χ0) is 18.0. The number of allylic oxidation sites excluding steroid dienone is 2. The van der Waals surface area contributed by atoms with Gasteiger partial charge in [0.05, 0.1) is 25.9 Å². The van der Waals surface area contributed by atoms with Gasteiger partial charge in [-0.2, -0.15) is 0 Å². The highest BCUT2D eigenvalue weighted by Gasteiger charge is 2.28. The lowest BCUT2D eigenvalue weighted by Crippen LogP contribution is -2.27. The van der Waals surface area contributed by atoms with Crippen LogP contribution in [-0.2, 0) is 31.9 Å². The molecule has 0 bridgehead atoms. The van der Waals surface area contributed by atoms with Gasteiger partial charge in [-0.25, -0.2) is 9.59 Å². The number of hydrogen-bond acceptors (Lipinski definition) is 6. The summed E-state index contributed by atoms with van der Waals surface area (Å²) in [5.74, 6) is -1.26. The molecular formula is C19H19NO5. The summed E-state index contributed by atoms with van der Waals surface area (Å²) >= 11 is 0. The molecule has 1 N–H and O–H groups in total. The first-order chi connectivity index (χ1) is 12.0. The highest BCUT2D eigenvalue weighted by molar-refractivity contribution is 6.05. The van der Waals surface area contributed by atoms with Gasteiger partial charge in [-0.05, 0) is 48.3 Å². The van der Waals surface area contributed by atoms with Crippen LogP contribution in [0.4, 0.5) is 5.69 Å². The molecule has 6 heteroatoms. The fourth-order valence-corrected chi connectivity index (χ4v) is 3.10. The number of rotatable bonds is 3. The molecule has 0 saturated carbocycles. The normalized spacial score (nSPS) is 18.8. The molecule has 1 atom stereocenters. The van der Waals surface area contributed by atoms with Crippen molar-refractivity contribution in [2.45, 2.75) is 18.9 Å². The minimum Gasteiger partial charge on any atom is -0.465 e. The predicted octanol–water partition coefficient (Wildman–Crippen LogP) is 1.64. The van der Waals surface area contributed by atoms with Gasteiger partial charge in [-0.3, -0.25) is 0 Å². The summed E-state index contributed by atoms with van der Waals surface area (Å²) in [4.78, 5) is 26.1. The van der Waals surface area contributed by atoms with Gasteiger partial charge in [0.25, 0.3) is 0 Å². The molecule has 1 aliphatic carbocycles. The smallest absolute Gasteiger partial charge is 0.355 e. The van der Waals surface area contributed by atoms with Crippen LogP contribution in [0.3, 0.4) is 0 Å². The first-order valence-electron chi connectivity index (χ1n) is 7.90. The number of aliphatic hydroxyl groups is 1. The lowest BCUT2D eigenvalue weighted by Gasteiger charge is -2.23. The maximum Gasteiger partial charge on any atom is 0.355 e. The van der Waals surface area contributed by atoms with Gasteiger partial charge in [0.2, 0.25) is 0 Å². The van der Waals surface area contributed by atoms with Crippen molar-refractivity contribution in [1.29, 1.82) is 0 Å². The van der Waals surface area contributed by atoms with Crippen LogP contribution in [0.1, 0.15) is 11.1 Å². The second kappa shape index (κ2) is 6.94. The van der Waals surface area contributed by atoms with Crippen LogP contribution >= 0.6 is 0 Å². The van der Waals surface area contributed by atoms with Crippen LogP contribution in [0.5, 0.6) is 0 Å². The van der Waals surface area contributed by atoms with Crippen LogP contribution < -0.4 is 4.90 Å². The molecular weight excluding hydrogens is 322 g/mol. The van der Waals surface area contributed by atoms with Crippen molar-refractivity contribution in [3.8, 4) is 0 Å². The van der Waals surface area contributed by atoms with Gasteiger partial charge < -0.3 is 19.5 Å². The van der Waals surface area contributed by atoms with Crippen LogP contribution in [-0.4, -0.2) is 37.4 Å². The zero-order valence-electron chi connectivity index (χ0n) is 14.1. The number of anilines is 1. The number of methoxy groups -OCH3 is 2. The molecule has 1 heterocycles.